The molecule has 0 saturated heterocycles. The van der Waals surface area contributed by atoms with Crippen LogP contribution in [0.4, 0.5) is 5.69 Å². The molecule has 0 atom stereocenters. The van der Waals surface area contributed by atoms with Gasteiger partial charge in [0.25, 0.3) is 0 Å². The Balaban J connectivity index is 1.80. The molecule has 0 aliphatic carbocycles. The molecule has 2 aromatic carbocycles. The number of halogens is 2. The summed E-state index contributed by atoms with van der Waals surface area (Å²) in [6.07, 6.45) is 2.26. The first-order valence-corrected chi connectivity index (χ1v) is 7.43. The molecule has 2 aromatic rings. The molecule has 2 nitrogen and oxygen atoms in total. The van der Waals surface area contributed by atoms with Crippen LogP contribution in [-0.4, -0.2) is 6.54 Å². The van der Waals surface area contributed by atoms with Crippen molar-refractivity contribution in [1.82, 2.24) is 0 Å². The first-order valence-electron chi connectivity index (χ1n) is 6.67. The van der Waals surface area contributed by atoms with Crippen LogP contribution in [0.3, 0.4) is 0 Å². The number of para-hydroxylation sites is 1. The smallest absolute Gasteiger partial charge is 0.143 e. The number of rotatable bonds is 3. The predicted octanol–water partition coefficient (Wildman–Crippen LogP) is 4.93. The summed E-state index contributed by atoms with van der Waals surface area (Å²) >= 11 is 12.2. The highest BCUT2D eigenvalue weighted by molar-refractivity contribution is 6.42. The topological polar surface area (TPSA) is 21.3 Å². The lowest BCUT2D eigenvalue weighted by molar-refractivity contribution is 0.307. The van der Waals surface area contributed by atoms with Gasteiger partial charge >= 0.3 is 0 Å². The van der Waals surface area contributed by atoms with E-state index in [1.54, 1.807) is 6.07 Å². The third kappa shape index (κ3) is 2.72. The van der Waals surface area contributed by atoms with Crippen LogP contribution in [-0.2, 0) is 13.0 Å². The summed E-state index contributed by atoms with van der Waals surface area (Å²) in [7, 11) is 0. The molecule has 0 saturated carbocycles. The second kappa shape index (κ2) is 5.94. The van der Waals surface area contributed by atoms with E-state index in [0.29, 0.717) is 16.7 Å². The van der Waals surface area contributed by atoms with Crippen molar-refractivity contribution in [2.75, 3.05) is 11.9 Å². The number of ether oxygens (including phenoxy) is 1. The SMILES string of the molecule is Clc1cccc(COc2cccc3c2NCCC3)c1Cl. The highest BCUT2D eigenvalue weighted by Crippen LogP contribution is 2.33. The minimum absolute atomic E-state index is 0.414. The Kier molecular flexibility index (Phi) is 4.04. The van der Waals surface area contributed by atoms with Crippen molar-refractivity contribution in [1.29, 1.82) is 0 Å². The second-order valence-corrected chi connectivity index (χ2v) is 5.61. The van der Waals surface area contributed by atoms with Crippen LogP contribution >= 0.6 is 23.2 Å². The van der Waals surface area contributed by atoms with Gasteiger partial charge in [0.05, 0.1) is 15.7 Å². The van der Waals surface area contributed by atoms with E-state index in [9.17, 15) is 0 Å². The van der Waals surface area contributed by atoms with Crippen molar-refractivity contribution in [2.24, 2.45) is 0 Å². The number of nitrogens with one attached hydrogen (secondary N) is 1. The summed E-state index contributed by atoms with van der Waals surface area (Å²) < 4.78 is 5.92. The predicted molar refractivity (Wildman–Crippen MR) is 84.0 cm³/mol. The number of aryl methyl sites for hydroxylation is 1. The molecular weight excluding hydrogens is 293 g/mol. The fourth-order valence-electron chi connectivity index (χ4n) is 2.41. The molecule has 20 heavy (non-hydrogen) atoms. The quantitative estimate of drug-likeness (QED) is 0.868. The van der Waals surface area contributed by atoms with E-state index in [1.807, 2.05) is 24.3 Å². The van der Waals surface area contributed by atoms with Crippen molar-refractivity contribution in [3.63, 3.8) is 0 Å². The van der Waals surface area contributed by atoms with Crippen LogP contribution < -0.4 is 10.1 Å². The third-order valence-corrected chi connectivity index (χ3v) is 4.31. The van der Waals surface area contributed by atoms with E-state index in [2.05, 4.69) is 11.4 Å². The van der Waals surface area contributed by atoms with Gasteiger partial charge in [-0.1, -0.05) is 47.5 Å². The fraction of sp³-hybridized carbons (Fsp3) is 0.250. The summed E-state index contributed by atoms with van der Waals surface area (Å²) in [5, 5.41) is 4.53. The maximum absolute atomic E-state index is 6.18. The van der Waals surface area contributed by atoms with Crippen molar-refractivity contribution in [3.8, 4) is 5.75 Å². The summed E-state index contributed by atoms with van der Waals surface area (Å²) in [6.45, 7) is 1.41. The fourth-order valence-corrected chi connectivity index (χ4v) is 2.79. The molecule has 4 heteroatoms. The van der Waals surface area contributed by atoms with E-state index in [0.717, 1.165) is 36.4 Å². The van der Waals surface area contributed by atoms with Crippen LogP contribution in [0.5, 0.6) is 5.75 Å². The van der Waals surface area contributed by atoms with Crippen LogP contribution in [0.25, 0.3) is 0 Å². The number of anilines is 1. The lowest BCUT2D eigenvalue weighted by Crippen LogP contribution is -2.13. The largest absolute Gasteiger partial charge is 0.487 e. The molecule has 1 aliphatic rings. The van der Waals surface area contributed by atoms with Crippen molar-refractivity contribution in [2.45, 2.75) is 19.4 Å². The zero-order chi connectivity index (χ0) is 13.9. The van der Waals surface area contributed by atoms with Gasteiger partial charge in [0.2, 0.25) is 0 Å². The average Bonchev–Trinajstić information content (AvgIpc) is 2.49. The second-order valence-electron chi connectivity index (χ2n) is 4.82. The van der Waals surface area contributed by atoms with Crippen LogP contribution in [0, 0.1) is 0 Å². The van der Waals surface area contributed by atoms with Gasteiger partial charge in [-0.2, -0.15) is 0 Å². The molecule has 104 valence electrons. The van der Waals surface area contributed by atoms with Gasteiger partial charge in [0.15, 0.2) is 0 Å². The molecule has 0 bridgehead atoms. The zero-order valence-corrected chi connectivity index (χ0v) is 12.5. The van der Waals surface area contributed by atoms with Gasteiger partial charge in [-0.3, -0.25) is 0 Å². The van der Waals surface area contributed by atoms with Crippen molar-refractivity contribution < 1.29 is 4.74 Å². The maximum Gasteiger partial charge on any atom is 0.143 e. The van der Waals surface area contributed by atoms with Crippen LogP contribution in [0.1, 0.15) is 17.5 Å². The standard InChI is InChI=1S/C16H15Cl2NO/c17-13-7-1-5-12(15(13)18)10-20-14-8-2-4-11-6-3-9-19-16(11)14/h1-2,4-5,7-8,19H,3,6,9-10H2. The molecular formula is C16H15Cl2NO. The van der Waals surface area contributed by atoms with Gasteiger partial charge in [0.1, 0.15) is 12.4 Å². The number of fused-ring (bicyclic) bond motifs is 1. The Morgan fingerprint density at radius 2 is 1.95 bits per heavy atom. The van der Waals surface area contributed by atoms with Gasteiger partial charge in [-0.05, 0) is 30.5 Å². The lowest BCUT2D eigenvalue weighted by Gasteiger charge is -2.21. The summed E-state index contributed by atoms with van der Waals surface area (Å²) in [6, 6.07) is 11.7. The highest BCUT2D eigenvalue weighted by Gasteiger charge is 2.13. The molecule has 0 aromatic heterocycles. The highest BCUT2D eigenvalue weighted by atomic mass is 35.5. The molecule has 1 aliphatic heterocycles. The van der Waals surface area contributed by atoms with Gasteiger partial charge in [-0.25, -0.2) is 0 Å². The molecule has 0 spiro atoms. The Morgan fingerprint density at radius 3 is 2.85 bits per heavy atom. The van der Waals surface area contributed by atoms with Gasteiger partial charge < -0.3 is 10.1 Å². The Hall–Kier alpha value is -1.38. The minimum atomic E-state index is 0.414. The average molecular weight is 308 g/mol. The van der Waals surface area contributed by atoms with Gasteiger partial charge in [-0.15, -0.1) is 0 Å². The summed E-state index contributed by atoms with van der Waals surface area (Å²) in [4.78, 5) is 0. The van der Waals surface area contributed by atoms with E-state index in [4.69, 9.17) is 27.9 Å². The molecule has 3 rings (SSSR count). The van der Waals surface area contributed by atoms with Crippen molar-refractivity contribution >= 4 is 28.9 Å². The maximum atomic E-state index is 6.18. The number of benzene rings is 2. The molecule has 0 radical (unpaired) electrons. The molecule has 0 fully saturated rings. The van der Waals surface area contributed by atoms with Crippen LogP contribution in [0.2, 0.25) is 10.0 Å². The first kappa shape index (κ1) is 13.6. The summed E-state index contributed by atoms with van der Waals surface area (Å²) in [5.41, 5.74) is 3.32. The Bertz CT molecular complexity index is 628. The zero-order valence-electron chi connectivity index (χ0n) is 11.0. The molecule has 0 unspecified atom stereocenters. The van der Waals surface area contributed by atoms with E-state index < -0.39 is 0 Å². The van der Waals surface area contributed by atoms with E-state index in [1.165, 1.54) is 5.56 Å². The number of hydrogen-bond acceptors (Lipinski definition) is 2. The molecule has 1 N–H and O–H groups in total. The van der Waals surface area contributed by atoms with Crippen LogP contribution in [0.15, 0.2) is 36.4 Å². The van der Waals surface area contributed by atoms with E-state index in [-0.39, 0.29) is 0 Å². The van der Waals surface area contributed by atoms with Crippen molar-refractivity contribution in [3.05, 3.63) is 57.6 Å². The Morgan fingerprint density at radius 1 is 1.10 bits per heavy atom. The van der Waals surface area contributed by atoms with E-state index >= 15 is 0 Å². The summed E-state index contributed by atoms with van der Waals surface area (Å²) in [5.74, 6) is 0.873. The minimum Gasteiger partial charge on any atom is -0.487 e. The monoisotopic (exact) mass is 307 g/mol. The normalized spacial score (nSPS) is 13.5. The molecule has 0 amide bonds. The third-order valence-electron chi connectivity index (χ3n) is 3.45. The lowest BCUT2D eigenvalue weighted by atomic mass is 10.0. The van der Waals surface area contributed by atoms with Gasteiger partial charge in [0, 0.05) is 12.1 Å². The first-order chi connectivity index (χ1) is 9.75. The number of hydrogen-bond donors (Lipinski definition) is 1. The Labute approximate surface area is 128 Å². The molecule has 1 heterocycles.